The summed E-state index contributed by atoms with van der Waals surface area (Å²) in [6.07, 6.45) is 0. The maximum atomic E-state index is 13.5. The molecule has 12 nitrogen and oxygen atoms in total. The summed E-state index contributed by atoms with van der Waals surface area (Å²) >= 11 is 0. The van der Waals surface area contributed by atoms with Gasteiger partial charge in [-0.2, -0.15) is 0 Å². The number of aromatic nitrogens is 4. The zero-order valence-corrected chi connectivity index (χ0v) is 31.5. The fourth-order valence-corrected chi connectivity index (χ4v) is 5.23. The van der Waals surface area contributed by atoms with Crippen molar-refractivity contribution in [3.8, 4) is 11.5 Å². The number of methoxy groups -OCH3 is 2. The van der Waals surface area contributed by atoms with Crippen LogP contribution in [0.25, 0.3) is 0 Å². The predicted octanol–water partition coefficient (Wildman–Crippen LogP) is 5.74. The molecule has 0 saturated heterocycles. The SMILES string of the molecule is COc1cc(CNC(=O)c2cc(CO)nc(C)n2)ccc1F.COc1cc(CNC(=O)c2cc(CO[Si](C)(C)C(C)(C)C)nc(C)n2)ccc1F. The van der Waals surface area contributed by atoms with Gasteiger partial charge in [0.15, 0.2) is 31.5 Å². The molecule has 0 spiro atoms. The molecule has 15 heteroatoms. The molecular weight excluding hydrogens is 679 g/mol. The van der Waals surface area contributed by atoms with E-state index < -0.39 is 25.9 Å². The Labute approximate surface area is 298 Å². The summed E-state index contributed by atoms with van der Waals surface area (Å²) in [5, 5.41) is 14.7. The molecule has 4 aromatic rings. The van der Waals surface area contributed by atoms with Crippen LogP contribution in [0, 0.1) is 25.5 Å². The normalized spacial score (nSPS) is 11.3. The number of ether oxygens (including phenoxy) is 2. The van der Waals surface area contributed by atoms with Crippen LogP contribution in [0.4, 0.5) is 8.78 Å². The second-order valence-corrected chi connectivity index (χ2v) is 17.9. The number of carbonyl (C=O) groups is 2. The molecule has 274 valence electrons. The number of aryl methyl sites for hydroxylation is 2. The number of aliphatic hydroxyl groups is 1. The first kappa shape index (κ1) is 40.6. The number of benzene rings is 2. The van der Waals surface area contributed by atoms with Gasteiger partial charge in [-0.25, -0.2) is 28.7 Å². The minimum atomic E-state index is -1.93. The highest BCUT2D eigenvalue weighted by atomic mass is 28.4. The van der Waals surface area contributed by atoms with Crippen molar-refractivity contribution >= 4 is 20.1 Å². The number of hydrogen-bond acceptors (Lipinski definition) is 10. The lowest BCUT2D eigenvalue weighted by Gasteiger charge is -2.36. The number of hydrogen-bond donors (Lipinski definition) is 3. The molecule has 4 rings (SSSR count). The monoisotopic (exact) mass is 724 g/mol. The Morgan fingerprint density at radius 1 is 0.745 bits per heavy atom. The summed E-state index contributed by atoms with van der Waals surface area (Å²) in [5.41, 5.74) is 2.92. The summed E-state index contributed by atoms with van der Waals surface area (Å²) < 4.78 is 42.9. The van der Waals surface area contributed by atoms with E-state index in [0.717, 1.165) is 5.56 Å². The standard InChI is InChI=1S/C21H30FN3O3Si.C15H16FN3O3/c1-14-24-16(13-28-29(6,7)21(2,3)4)11-18(25-14)20(26)23-12-15-8-9-17(22)19(10-15)27-5;1-9-18-11(8-20)6-13(19-9)15(21)17-7-10-3-4-12(16)14(5-10)22-2/h8-11H,12-13H2,1-7H3,(H,23,26);3-6,20H,7-8H2,1-2H3,(H,17,21). The number of aliphatic hydroxyl groups excluding tert-OH is 1. The van der Waals surface area contributed by atoms with E-state index in [1.807, 2.05) is 0 Å². The maximum Gasteiger partial charge on any atom is 0.270 e. The van der Waals surface area contributed by atoms with E-state index >= 15 is 0 Å². The third kappa shape index (κ3) is 11.9. The number of halogens is 2. The second-order valence-electron chi connectivity index (χ2n) is 13.1. The topological polar surface area (TPSA) is 158 Å². The minimum Gasteiger partial charge on any atom is -0.494 e. The molecular formula is C36H46F2N6O6Si. The van der Waals surface area contributed by atoms with E-state index in [2.05, 4.69) is 64.4 Å². The highest BCUT2D eigenvalue weighted by Gasteiger charge is 2.37. The van der Waals surface area contributed by atoms with Crippen molar-refractivity contribution in [2.24, 2.45) is 0 Å². The van der Waals surface area contributed by atoms with Crippen molar-refractivity contribution in [3.05, 3.63) is 106 Å². The number of nitrogens with one attached hydrogen (secondary N) is 2. The molecule has 2 heterocycles. The van der Waals surface area contributed by atoms with Crippen LogP contribution in [-0.2, 0) is 30.7 Å². The Morgan fingerprint density at radius 2 is 1.18 bits per heavy atom. The van der Waals surface area contributed by atoms with Gasteiger partial charge in [-0.05, 0) is 79.5 Å². The molecule has 0 aliphatic rings. The lowest BCUT2D eigenvalue weighted by atomic mass is 10.2. The Hall–Kier alpha value is -4.86. The van der Waals surface area contributed by atoms with Crippen LogP contribution >= 0.6 is 0 Å². The van der Waals surface area contributed by atoms with Crippen LogP contribution in [0.2, 0.25) is 18.1 Å². The molecule has 0 fully saturated rings. The predicted molar refractivity (Wildman–Crippen MR) is 190 cm³/mol. The van der Waals surface area contributed by atoms with Crippen LogP contribution < -0.4 is 20.1 Å². The van der Waals surface area contributed by atoms with Gasteiger partial charge in [-0.3, -0.25) is 9.59 Å². The summed E-state index contributed by atoms with van der Waals surface area (Å²) in [4.78, 5) is 41.3. The third-order valence-electron chi connectivity index (χ3n) is 8.13. The first-order valence-corrected chi connectivity index (χ1v) is 19.0. The van der Waals surface area contributed by atoms with Crippen molar-refractivity contribution in [2.75, 3.05) is 14.2 Å². The Balaban J connectivity index is 0.000000286. The van der Waals surface area contributed by atoms with E-state index in [1.165, 1.54) is 38.5 Å². The molecule has 51 heavy (non-hydrogen) atoms. The Morgan fingerprint density at radius 3 is 1.59 bits per heavy atom. The number of nitrogens with zero attached hydrogens (tertiary/aromatic N) is 4. The fraction of sp³-hybridized carbons (Fsp3) is 0.389. The van der Waals surface area contributed by atoms with E-state index in [0.29, 0.717) is 35.2 Å². The van der Waals surface area contributed by atoms with Gasteiger partial charge in [0.25, 0.3) is 11.8 Å². The van der Waals surface area contributed by atoms with Gasteiger partial charge in [0.1, 0.15) is 23.0 Å². The van der Waals surface area contributed by atoms with Crippen LogP contribution in [0.3, 0.4) is 0 Å². The highest BCUT2D eigenvalue weighted by molar-refractivity contribution is 6.74. The molecule has 2 aromatic carbocycles. The third-order valence-corrected chi connectivity index (χ3v) is 12.6. The van der Waals surface area contributed by atoms with Gasteiger partial charge in [-0.1, -0.05) is 32.9 Å². The van der Waals surface area contributed by atoms with Crippen LogP contribution in [0.5, 0.6) is 11.5 Å². The smallest absolute Gasteiger partial charge is 0.270 e. The van der Waals surface area contributed by atoms with E-state index in [1.54, 1.807) is 38.1 Å². The maximum absolute atomic E-state index is 13.5. The van der Waals surface area contributed by atoms with Gasteiger partial charge >= 0.3 is 0 Å². The number of rotatable bonds is 12. The fourth-order valence-electron chi connectivity index (χ4n) is 4.29. The first-order chi connectivity index (χ1) is 24.0. The van der Waals surface area contributed by atoms with E-state index in [-0.39, 0.29) is 53.5 Å². The molecule has 0 radical (unpaired) electrons. The Bertz CT molecular complexity index is 1840. The van der Waals surface area contributed by atoms with E-state index in [4.69, 9.17) is 19.0 Å². The lowest BCUT2D eigenvalue weighted by molar-refractivity contribution is 0.0937. The average Bonchev–Trinajstić information content (AvgIpc) is 3.09. The second kappa shape index (κ2) is 17.9. The van der Waals surface area contributed by atoms with Crippen molar-refractivity contribution < 1.29 is 37.4 Å². The van der Waals surface area contributed by atoms with Gasteiger partial charge in [0.2, 0.25) is 0 Å². The molecule has 0 saturated carbocycles. The lowest BCUT2D eigenvalue weighted by Crippen LogP contribution is -2.40. The number of carbonyl (C=O) groups excluding carboxylic acids is 2. The molecule has 0 atom stereocenters. The van der Waals surface area contributed by atoms with Crippen molar-refractivity contribution in [1.82, 2.24) is 30.6 Å². The van der Waals surface area contributed by atoms with Gasteiger partial charge < -0.3 is 29.6 Å². The Kier molecular flexibility index (Phi) is 14.2. The van der Waals surface area contributed by atoms with E-state index in [9.17, 15) is 18.4 Å². The number of amides is 2. The summed E-state index contributed by atoms with van der Waals surface area (Å²) in [6, 6.07) is 11.9. The molecule has 0 aliphatic heterocycles. The van der Waals surface area contributed by atoms with Crippen LogP contribution in [0.15, 0.2) is 48.5 Å². The zero-order chi connectivity index (χ0) is 37.9. The molecule has 0 unspecified atom stereocenters. The van der Waals surface area contributed by atoms with Gasteiger partial charge in [0, 0.05) is 13.1 Å². The highest BCUT2D eigenvalue weighted by Crippen LogP contribution is 2.37. The summed E-state index contributed by atoms with van der Waals surface area (Å²) in [6.45, 7) is 14.8. The van der Waals surface area contributed by atoms with Crippen LogP contribution in [-0.4, -0.2) is 59.4 Å². The van der Waals surface area contributed by atoms with Gasteiger partial charge in [-0.15, -0.1) is 0 Å². The quantitative estimate of drug-likeness (QED) is 0.154. The van der Waals surface area contributed by atoms with Crippen molar-refractivity contribution in [2.45, 2.75) is 79.1 Å². The average molecular weight is 725 g/mol. The minimum absolute atomic E-state index is 0.0888. The first-order valence-electron chi connectivity index (χ1n) is 16.1. The summed E-state index contributed by atoms with van der Waals surface area (Å²) in [7, 11) is 0.850. The van der Waals surface area contributed by atoms with Gasteiger partial charge in [0.05, 0.1) is 38.8 Å². The zero-order valence-electron chi connectivity index (χ0n) is 30.5. The summed E-state index contributed by atoms with van der Waals surface area (Å²) in [5.74, 6) is -0.463. The molecule has 0 aliphatic carbocycles. The largest absolute Gasteiger partial charge is 0.494 e. The molecule has 2 amide bonds. The van der Waals surface area contributed by atoms with Crippen molar-refractivity contribution in [3.63, 3.8) is 0 Å². The van der Waals surface area contributed by atoms with Crippen LogP contribution in [0.1, 0.15) is 75.9 Å². The molecule has 3 N–H and O–H groups in total. The van der Waals surface area contributed by atoms with Crippen molar-refractivity contribution in [1.29, 1.82) is 0 Å². The molecule has 0 bridgehead atoms. The molecule has 2 aromatic heterocycles.